The number of nitrogens with two attached hydrogens (primary N) is 1. The van der Waals surface area contributed by atoms with Gasteiger partial charge in [0.25, 0.3) is 5.91 Å². The lowest BCUT2D eigenvalue weighted by Crippen LogP contribution is -2.29. The quantitative estimate of drug-likeness (QED) is 0.909. The molecule has 2 N–H and O–H groups in total. The molecule has 1 unspecified atom stereocenters. The van der Waals surface area contributed by atoms with Crippen LogP contribution in [-0.2, 0) is 0 Å². The smallest absolute Gasteiger partial charge is 0.253 e. The minimum Gasteiger partial charge on any atom is -0.338 e. The minimum atomic E-state index is 0. The van der Waals surface area contributed by atoms with E-state index in [0.717, 1.165) is 29.5 Å². The molecule has 1 saturated heterocycles. The topological polar surface area (TPSA) is 46.3 Å². The van der Waals surface area contributed by atoms with Crippen LogP contribution in [0.25, 0.3) is 0 Å². The van der Waals surface area contributed by atoms with Crippen LogP contribution in [0.4, 0.5) is 0 Å². The zero-order valence-corrected chi connectivity index (χ0v) is 11.8. The Bertz CT molecular complexity index is 400. The average molecular weight is 320 g/mol. The van der Waals surface area contributed by atoms with Crippen LogP contribution in [0.15, 0.2) is 28.7 Å². The molecule has 5 heteroatoms. The molecule has 3 nitrogen and oxygen atoms in total. The highest BCUT2D eigenvalue weighted by Gasteiger charge is 2.25. The van der Waals surface area contributed by atoms with E-state index in [-0.39, 0.29) is 18.3 Å². The van der Waals surface area contributed by atoms with E-state index in [1.807, 2.05) is 29.2 Å². The van der Waals surface area contributed by atoms with Gasteiger partial charge in [-0.1, -0.05) is 22.0 Å². The average Bonchev–Trinajstić information content (AvgIpc) is 2.76. The van der Waals surface area contributed by atoms with E-state index in [1.54, 1.807) is 0 Å². The predicted octanol–water partition coefficient (Wildman–Crippen LogP) is 2.29. The van der Waals surface area contributed by atoms with Crippen LogP contribution in [0.3, 0.4) is 0 Å². The van der Waals surface area contributed by atoms with Crippen molar-refractivity contribution in [1.82, 2.24) is 4.90 Å². The van der Waals surface area contributed by atoms with Crippen LogP contribution in [0.5, 0.6) is 0 Å². The van der Waals surface area contributed by atoms with Gasteiger partial charge in [-0.3, -0.25) is 4.79 Å². The fourth-order valence-corrected chi connectivity index (χ4v) is 2.41. The maximum atomic E-state index is 12.1. The van der Waals surface area contributed by atoms with Crippen molar-refractivity contribution in [2.45, 2.75) is 6.42 Å². The second-order valence-electron chi connectivity index (χ2n) is 4.15. The van der Waals surface area contributed by atoms with Gasteiger partial charge in [0.2, 0.25) is 0 Å². The van der Waals surface area contributed by atoms with Gasteiger partial charge in [-0.25, -0.2) is 0 Å². The summed E-state index contributed by atoms with van der Waals surface area (Å²) < 4.78 is 0.938. The van der Waals surface area contributed by atoms with Crippen LogP contribution in [0, 0.1) is 5.92 Å². The van der Waals surface area contributed by atoms with Crippen LogP contribution in [-0.4, -0.2) is 30.4 Å². The third-order valence-electron chi connectivity index (χ3n) is 2.98. The first-order valence-electron chi connectivity index (χ1n) is 5.45. The molecule has 0 bridgehead atoms. The Balaban J connectivity index is 0.00000144. The van der Waals surface area contributed by atoms with Crippen LogP contribution < -0.4 is 5.73 Å². The Morgan fingerprint density at radius 1 is 1.53 bits per heavy atom. The molecule has 0 radical (unpaired) electrons. The van der Waals surface area contributed by atoms with Crippen molar-refractivity contribution in [2.24, 2.45) is 11.7 Å². The number of carbonyl (C=O) groups is 1. The first-order chi connectivity index (χ1) is 7.70. The maximum Gasteiger partial charge on any atom is 0.253 e. The van der Waals surface area contributed by atoms with Gasteiger partial charge in [-0.15, -0.1) is 12.4 Å². The van der Waals surface area contributed by atoms with Gasteiger partial charge in [-0.2, -0.15) is 0 Å². The molecular weight excluding hydrogens is 304 g/mol. The maximum absolute atomic E-state index is 12.1. The van der Waals surface area contributed by atoms with Gasteiger partial charge >= 0.3 is 0 Å². The number of carbonyl (C=O) groups excluding carboxylic acids is 1. The van der Waals surface area contributed by atoms with E-state index in [1.165, 1.54) is 0 Å². The van der Waals surface area contributed by atoms with Gasteiger partial charge in [0.05, 0.1) is 0 Å². The molecule has 0 aliphatic carbocycles. The Kier molecular flexibility index (Phi) is 5.43. The number of hydrogen-bond acceptors (Lipinski definition) is 2. The zero-order valence-electron chi connectivity index (χ0n) is 9.43. The Labute approximate surface area is 116 Å². The summed E-state index contributed by atoms with van der Waals surface area (Å²) in [4.78, 5) is 14.0. The summed E-state index contributed by atoms with van der Waals surface area (Å²) in [5.41, 5.74) is 6.36. The molecule has 94 valence electrons. The molecule has 1 aromatic carbocycles. The number of hydrogen-bond donors (Lipinski definition) is 1. The highest BCUT2D eigenvalue weighted by Crippen LogP contribution is 2.19. The fraction of sp³-hybridized carbons (Fsp3) is 0.417. The van der Waals surface area contributed by atoms with Gasteiger partial charge in [0.1, 0.15) is 0 Å². The van der Waals surface area contributed by atoms with Gasteiger partial charge in [0, 0.05) is 23.1 Å². The molecule has 1 heterocycles. The molecule has 0 saturated carbocycles. The van der Waals surface area contributed by atoms with Crippen molar-refractivity contribution in [1.29, 1.82) is 0 Å². The van der Waals surface area contributed by atoms with E-state index in [2.05, 4.69) is 15.9 Å². The number of halogens is 2. The number of rotatable bonds is 2. The van der Waals surface area contributed by atoms with Gasteiger partial charge < -0.3 is 10.6 Å². The third kappa shape index (κ3) is 3.44. The number of benzene rings is 1. The van der Waals surface area contributed by atoms with Gasteiger partial charge in [-0.05, 0) is 37.1 Å². The minimum absolute atomic E-state index is 0. The summed E-state index contributed by atoms with van der Waals surface area (Å²) in [5, 5.41) is 0. The second-order valence-corrected chi connectivity index (χ2v) is 5.07. The lowest BCUT2D eigenvalue weighted by molar-refractivity contribution is 0.0787. The first kappa shape index (κ1) is 14.5. The molecule has 2 rings (SSSR count). The third-order valence-corrected chi connectivity index (χ3v) is 3.47. The Morgan fingerprint density at radius 2 is 2.29 bits per heavy atom. The lowest BCUT2D eigenvalue weighted by atomic mass is 10.1. The van der Waals surface area contributed by atoms with E-state index in [9.17, 15) is 4.79 Å². The van der Waals surface area contributed by atoms with Crippen molar-refractivity contribution in [2.75, 3.05) is 19.6 Å². The van der Waals surface area contributed by atoms with E-state index < -0.39 is 0 Å². The van der Waals surface area contributed by atoms with Crippen molar-refractivity contribution in [3.05, 3.63) is 34.3 Å². The SMILES string of the molecule is Cl.NCC1CCN(C(=O)c2cccc(Br)c2)C1. The molecular formula is C12H16BrClN2O. The largest absolute Gasteiger partial charge is 0.338 e. The summed E-state index contributed by atoms with van der Waals surface area (Å²) in [7, 11) is 0. The van der Waals surface area contributed by atoms with Crippen molar-refractivity contribution in [3.63, 3.8) is 0 Å². The summed E-state index contributed by atoms with van der Waals surface area (Å²) in [5.74, 6) is 0.577. The van der Waals surface area contributed by atoms with Gasteiger partial charge in [0.15, 0.2) is 0 Å². The molecule has 1 aromatic rings. The molecule has 17 heavy (non-hydrogen) atoms. The first-order valence-corrected chi connectivity index (χ1v) is 6.25. The normalized spacial score (nSPS) is 18.9. The van der Waals surface area contributed by atoms with Crippen molar-refractivity contribution >= 4 is 34.2 Å². The van der Waals surface area contributed by atoms with E-state index >= 15 is 0 Å². The van der Waals surface area contributed by atoms with Crippen LogP contribution in [0.2, 0.25) is 0 Å². The van der Waals surface area contributed by atoms with Crippen LogP contribution >= 0.6 is 28.3 Å². The standard InChI is InChI=1S/C12H15BrN2O.ClH/c13-11-3-1-2-10(6-11)12(16)15-5-4-9(7-14)8-15;/h1-3,6,9H,4-5,7-8,14H2;1H. The second kappa shape index (κ2) is 6.38. The summed E-state index contributed by atoms with van der Waals surface area (Å²) in [6.45, 7) is 2.29. The summed E-state index contributed by atoms with van der Waals surface area (Å²) in [6, 6.07) is 7.51. The Hall–Kier alpha value is -0.580. The molecule has 1 aliphatic heterocycles. The summed E-state index contributed by atoms with van der Waals surface area (Å²) in [6.07, 6.45) is 1.02. The molecule has 1 fully saturated rings. The number of likely N-dealkylation sites (tertiary alicyclic amines) is 1. The Morgan fingerprint density at radius 3 is 2.88 bits per heavy atom. The highest BCUT2D eigenvalue weighted by atomic mass is 79.9. The summed E-state index contributed by atoms with van der Waals surface area (Å²) >= 11 is 3.37. The van der Waals surface area contributed by atoms with Crippen molar-refractivity contribution in [3.8, 4) is 0 Å². The number of amides is 1. The monoisotopic (exact) mass is 318 g/mol. The molecule has 1 aliphatic rings. The number of nitrogens with zero attached hydrogens (tertiary/aromatic N) is 1. The molecule has 1 atom stereocenters. The fourth-order valence-electron chi connectivity index (χ4n) is 2.01. The molecule has 1 amide bonds. The molecule has 0 aromatic heterocycles. The predicted molar refractivity (Wildman–Crippen MR) is 74.5 cm³/mol. The highest BCUT2D eigenvalue weighted by molar-refractivity contribution is 9.10. The van der Waals surface area contributed by atoms with Crippen LogP contribution in [0.1, 0.15) is 16.8 Å². The molecule has 0 spiro atoms. The van der Waals surface area contributed by atoms with E-state index in [0.29, 0.717) is 12.5 Å². The lowest BCUT2D eigenvalue weighted by Gasteiger charge is -2.16. The van der Waals surface area contributed by atoms with Crippen molar-refractivity contribution < 1.29 is 4.79 Å². The zero-order chi connectivity index (χ0) is 11.5. The van der Waals surface area contributed by atoms with E-state index in [4.69, 9.17) is 5.73 Å².